The van der Waals surface area contributed by atoms with Gasteiger partial charge in [-0.2, -0.15) is 10.1 Å². The second-order valence-corrected chi connectivity index (χ2v) is 18.4. The monoisotopic (exact) mass is 910 g/mol. The van der Waals surface area contributed by atoms with Crippen LogP contribution in [0.3, 0.4) is 0 Å². The number of hydrogen-bond acceptors (Lipinski definition) is 12. The largest absolute Gasteiger partial charge is 0.372 e. The first-order chi connectivity index (χ1) is 35.3. The second kappa shape index (κ2) is 17.5. The summed E-state index contributed by atoms with van der Waals surface area (Å²) in [7, 11) is 0. The van der Waals surface area contributed by atoms with Crippen LogP contribution in [0.5, 0.6) is 0 Å². The molecular formula is C51H54N10O6. The third kappa shape index (κ3) is 8.68. The van der Waals surface area contributed by atoms with Gasteiger partial charge >= 0.3 is 11.8 Å². The lowest BCUT2D eigenvalue weighted by molar-refractivity contribution is -0.136. The number of piperidine rings is 2. The van der Waals surface area contributed by atoms with Gasteiger partial charge in [0.1, 0.15) is 6.04 Å². The molecule has 67 heavy (non-hydrogen) atoms. The first kappa shape index (κ1) is 35.1. The maximum absolute atomic E-state index is 13.6. The van der Waals surface area contributed by atoms with E-state index >= 15 is 0 Å². The van der Waals surface area contributed by atoms with Crippen molar-refractivity contribution in [2.75, 3.05) is 55.4 Å². The fourth-order valence-electron chi connectivity index (χ4n) is 8.92. The second-order valence-electron chi connectivity index (χ2n) is 18.4. The molecule has 2 aromatic heterocycles. The maximum Gasteiger partial charge on any atom is 0.315 e. The van der Waals surface area contributed by atoms with E-state index in [2.05, 4.69) is 41.9 Å². The number of amides is 5. The number of aromatic amines is 1. The summed E-state index contributed by atoms with van der Waals surface area (Å²) in [5.74, 6) is -3.58. The lowest BCUT2D eigenvalue weighted by Gasteiger charge is -2.40. The summed E-state index contributed by atoms with van der Waals surface area (Å²) in [4.78, 5) is 72.3. The summed E-state index contributed by atoms with van der Waals surface area (Å²) >= 11 is 0. The molecule has 0 saturated carbocycles. The Kier molecular flexibility index (Phi) is 9.18. The summed E-state index contributed by atoms with van der Waals surface area (Å²) in [5.41, 5.74) is 6.13. The van der Waals surface area contributed by atoms with Gasteiger partial charge < -0.3 is 19.6 Å². The van der Waals surface area contributed by atoms with Gasteiger partial charge in [0.15, 0.2) is 5.82 Å². The summed E-state index contributed by atoms with van der Waals surface area (Å²) in [6, 6.07) is 22.2. The molecule has 1 unspecified atom stereocenters. The minimum Gasteiger partial charge on any atom is -0.372 e. The number of nitrogens with zero attached hydrogens (tertiary/aromatic N) is 7. The number of carbonyl (C=O) groups excluding carboxylic acids is 5. The molecule has 10 rings (SSSR count). The molecule has 3 fully saturated rings. The van der Waals surface area contributed by atoms with Gasteiger partial charge in [-0.05, 0) is 103 Å². The zero-order valence-corrected chi connectivity index (χ0v) is 37.4. The zero-order valence-electron chi connectivity index (χ0n) is 45.4. The molecule has 4 aliphatic rings. The number of benzene rings is 4. The van der Waals surface area contributed by atoms with Crippen molar-refractivity contribution in [2.45, 2.75) is 71.4 Å². The molecule has 0 spiro atoms. The van der Waals surface area contributed by atoms with Crippen LogP contribution in [0.15, 0.2) is 83.4 Å². The first-order valence-corrected chi connectivity index (χ1v) is 22.3. The molecule has 3 N–H and O–H groups in total. The van der Waals surface area contributed by atoms with E-state index in [9.17, 15) is 24.0 Å². The third-order valence-electron chi connectivity index (χ3n) is 12.8. The molecule has 0 bridgehead atoms. The molecule has 16 heteroatoms. The van der Waals surface area contributed by atoms with Crippen molar-refractivity contribution < 1.29 is 39.5 Å². The Labute approximate surface area is 399 Å². The van der Waals surface area contributed by atoms with Crippen LogP contribution in [-0.4, -0.2) is 111 Å². The van der Waals surface area contributed by atoms with E-state index in [1.807, 2.05) is 82.3 Å². The van der Waals surface area contributed by atoms with Crippen molar-refractivity contribution in [3.63, 3.8) is 0 Å². The summed E-state index contributed by atoms with van der Waals surface area (Å²) < 4.78 is 78.1. The van der Waals surface area contributed by atoms with Crippen molar-refractivity contribution in [2.24, 2.45) is 5.92 Å². The lowest BCUT2D eigenvalue weighted by atomic mass is 9.95. The third-order valence-corrected chi connectivity index (χ3v) is 12.8. The molecule has 4 aromatic carbocycles. The molecule has 344 valence electrons. The van der Waals surface area contributed by atoms with Crippen LogP contribution in [0.25, 0.3) is 33.3 Å². The zero-order chi connectivity index (χ0) is 53.7. The normalized spacial score (nSPS) is 23.3. The van der Waals surface area contributed by atoms with Crippen LogP contribution in [0, 0.1) is 12.8 Å². The van der Waals surface area contributed by atoms with E-state index in [0.29, 0.717) is 46.5 Å². The average molecular weight is 911 g/mol. The summed E-state index contributed by atoms with van der Waals surface area (Å²) in [6.07, 6.45) is 0.755. The number of nitrogens with one attached hydrogen (secondary N) is 3. The number of H-pyrrole nitrogens is 1. The molecule has 4 aliphatic heterocycles. The minimum atomic E-state index is -3.22. The highest BCUT2D eigenvalue weighted by atomic mass is 16.5. The highest BCUT2D eigenvalue weighted by molar-refractivity contribution is 6.23. The van der Waals surface area contributed by atoms with Crippen LogP contribution in [-0.2, 0) is 21.5 Å². The van der Waals surface area contributed by atoms with Crippen LogP contribution >= 0.6 is 0 Å². The Balaban J connectivity index is 0.787. The Bertz CT molecular complexity index is 3280. The van der Waals surface area contributed by atoms with Gasteiger partial charge in [-0.25, -0.2) is 0 Å². The van der Waals surface area contributed by atoms with Gasteiger partial charge in [-0.15, -0.1) is 0 Å². The average Bonchev–Trinajstić information content (AvgIpc) is 4.10. The smallest absolute Gasteiger partial charge is 0.315 e. The SMILES string of the molecule is [2H]C1([2H])N(CC2CCN(c3ccc(-c4ccc5[nH]nc(-c6ccc(CNC(=O)c7nc(C(C)(C)C)no7)c(C)c6)c5c4)cc3)CC2)C([2H])([2H])C([2H])([2H])N(c2ccc3c(c2)C(=O)N(C2CCC(=O)NC2=O)C3=O)C1([2H])[2H]. The molecule has 6 aromatic rings. The van der Waals surface area contributed by atoms with Gasteiger partial charge in [-0.1, -0.05) is 56.3 Å². The van der Waals surface area contributed by atoms with E-state index in [-0.39, 0.29) is 60.0 Å². The number of hydrogen-bond donors (Lipinski definition) is 3. The van der Waals surface area contributed by atoms with Gasteiger partial charge in [0.25, 0.3) is 11.8 Å². The summed E-state index contributed by atoms with van der Waals surface area (Å²) in [6.45, 7) is -3.87. The quantitative estimate of drug-likeness (QED) is 0.131. The number of carbonyl (C=O) groups is 5. The van der Waals surface area contributed by atoms with Crippen molar-refractivity contribution in [3.8, 4) is 22.4 Å². The summed E-state index contributed by atoms with van der Waals surface area (Å²) in [5, 5.41) is 17.6. The molecule has 6 heterocycles. The molecule has 5 amide bonds. The highest BCUT2D eigenvalue weighted by Crippen LogP contribution is 2.35. The van der Waals surface area contributed by atoms with Crippen molar-refractivity contribution in [1.82, 2.24) is 40.8 Å². The Morgan fingerprint density at radius 3 is 2.25 bits per heavy atom. The number of imide groups is 2. The molecule has 1 atom stereocenters. The Morgan fingerprint density at radius 2 is 1.54 bits per heavy atom. The number of rotatable bonds is 10. The molecule has 3 saturated heterocycles. The minimum absolute atomic E-state index is 0.0884. The highest BCUT2D eigenvalue weighted by Gasteiger charge is 2.45. The predicted octanol–water partition coefficient (Wildman–Crippen LogP) is 6.26. The standard InChI is InChI=1S/C51H54N10O6/c1-30-25-34(5-6-35(30)28-52-46(64)47-54-50(57-67-47)51(2,3)4)44-40-26-33(9-14-41(40)55-56-44)32-7-10-36(11-8-32)59-19-17-31(18-20-59)29-58-21-23-60(24-22-58)37-12-13-38-39(27-37)49(66)61(48(38)65)42-15-16-43(62)53-45(42)63/h5-14,25-27,31,42H,15-24,28-29H2,1-4H3,(H,52,64)(H,55,56)(H,53,62,63)/i21D2,22D2,23D2,24D2. The van der Waals surface area contributed by atoms with Gasteiger partial charge in [-0.3, -0.25) is 44.2 Å². The van der Waals surface area contributed by atoms with Crippen LogP contribution < -0.4 is 20.4 Å². The number of anilines is 2. The number of piperazine rings is 1. The van der Waals surface area contributed by atoms with Crippen molar-refractivity contribution >= 4 is 51.8 Å². The lowest BCUT2D eigenvalue weighted by Crippen LogP contribution is -2.54. The van der Waals surface area contributed by atoms with Crippen molar-refractivity contribution in [3.05, 3.63) is 113 Å². The number of aryl methyl sites for hydroxylation is 1. The fourth-order valence-corrected chi connectivity index (χ4v) is 8.92. The molecule has 0 aliphatic carbocycles. The molecule has 16 nitrogen and oxygen atoms in total. The van der Waals surface area contributed by atoms with E-state index in [0.717, 1.165) is 68.3 Å². The molecule has 0 radical (unpaired) electrons. The van der Waals surface area contributed by atoms with Gasteiger partial charge in [0.2, 0.25) is 11.8 Å². The van der Waals surface area contributed by atoms with Crippen LogP contribution in [0.2, 0.25) is 0 Å². The topological polar surface area (TPSA) is 190 Å². The first-order valence-electron chi connectivity index (χ1n) is 26.3. The number of fused-ring (bicyclic) bond motifs is 2. The predicted molar refractivity (Wildman–Crippen MR) is 253 cm³/mol. The van der Waals surface area contributed by atoms with E-state index in [4.69, 9.17) is 15.5 Å². The van der Waals surface area contributed by atoms with E-state index < -0.39 is 61.6 Å². The molecular weight excluding hydrogens is 849 g/mol. The Hall–Kier alpha value is -7.20. The van der Waals surface area contributed by atoms with Crippen LogP contribution in [0.1, 0.15) is 106 Å². The van der Waals surface area contributed by atoms with Crippen LogP contribution in [0.4, 0.5) is 11.4 Å². The van der Waals surface area contributed by atoms with Gasteiger partial charge in [0.05, 0.1) is 27.8 Å². The van der Waals surface area contributed by atoms with E-state index in [1.165, 1.54) is 0 Å². The van der Waals surface area contributed by atoms with E-state index in [1.54, 1.807) is 0 Å². The number of aromatic nitrogens is 4. The fraction of sp³-hybridized carbons (Fsp3) is 0.373. The Morgan fingerprint density at radius 1 is 0.821 bits per heavy atom. The van der Waals surface area contributed by atoms with Gasteiger partial charge in [0, 0.05) is 91.8 Å². The maximum atomic E-state index is 13.6. The van der Waals surface area contributed by atoms with Crippen molar-refractivity contribution in [1.29, 1.82) is 0 Å².